The van der Waals surface area contributed by atoms with Crippen molar-refractivity contribution in [1.29, 1.82) is 0 Å². The van der Waals surface area contributed by atoms with Gasteiger partial charge in [0.05, 0.1) is 43.4 Å². The molecule has 0 saturated carbocycles. The summed E-state index contributed by atoms with van der Waals surface area (Å²) in [4.78, 5) is 79.8. The second-order valence-electron chi connectivity index (χ2n) is 22.8. The first kappa shape index (κ1) is 75.0. The molecule has 23 nitrogen and oxygen atoms in total. The molecule has 0 radical (unpaired) electrons. The molecule has 0 unspecified atom stereocenters. The van der Waals surface area contributed by atoms with Gasteiger partial charge in [-0.25, -0.2) is 19.3 Å². The summed E-state index contributed by atoms with van der Waals surface area (Å²) < 4.78 is 16.8. The topological polar surface area (TPSA) is 260 Å². The third-order valence-corrected chi connectivity index (χ3v) is 15.7. The van der Waals surface area contributed by atoms with Crippen molar-refractivity contribution in [3.63, 3.8) is 0 Å². The zero-order valence-electron chi connectivity index (χ0n) is 55.4. The summed E-state index contributed by atoms with van der Waals surface area (Å²) in [5.74, 6) is 0.643. The molecule has 9 aromatic rings. The van der Waals surface area contributed by atoms with Crippen LogP contribution in [0, 0.1) is 20.8 Å². The Morgan fingerprint density at radius 3 is 1.64 bits per heavy atom. The van der Waals surface area contributed by atoms with Gasteiger partial charge < -0.3 is 40.5 Å². The number of hydrogen-bond donors (Lipinski definition) is 4. The van der Waals surface area contributed by atoms with E-state index in [9.17, 15) is 28.8 Å². The van der Waals surface area contributed by atoms with Crippen LogP contribution in [0.1, 0.15) is 121 Å². The number of benzene rings is 4. The van der Waals surface area contributed by atoms with E-state index in [1.807, 2.05) is 81.4 Å². The molecule has 0 atom stereocenters. The summed E-state index contributed by atoms with van der Waals surface area (Å²) in [6.07, 6.45) is 2.40. The van der Waals surface area contributed by atoms with E-state index >= 15 is 0 Å². The highest BCUT2D eigenvalue weighted by molar-refractivity contribution is 9.10. The van der Waals surface area contributed by atoms with E-state index < -0.39 is 12.0 Å². The fraction of sp³-hybridized carbons (Fsp3) is 0.299. The molecule has 502 valence electrons. The molecule has 0 spiro atoms. The summed E-state index contributed by atoms with van der Waals surface area (Å²) in [6, 6.07) is 33.0. The van der Waals surface area contributed by atoms with Crippen molar-refractivity contribution in [3.05, 3.63) is 208 Å². The number of carbonyl (C=O) groups is 6. The van der Waals surface area contributed by atoms with E-state index in [0.29, 0.717) is 84.8 Å². The fourth-order valence-corrected chi connectivity index (χ4v) is 10.4. The Kier molecular flexibility index (Phi) is 26.7. The molecule has 0 bridgehead atoms. The zero-order valence-corrected chi connectivity index (χ0v) is 60.0. The Balaban J connectivity index is 0.000000204. The second kappa shape index (κ2) is 33.9. The summed E-state index contributed by atoms with van der Waals surface area (Å²) in [5.41, 5.74) is 8.90. The minimum atomic E-state index is -0.535. The van der Waals surface area contributed by atoms with Gasteiger partial charge in [-0.1, -0.05) is 135 Å². The maximum Gasteiger partial charge on any atom is 0.416 e. The molecule has 0 fully saturated rings. The first-order valence-corrected chi connectivity index (χ1v) is 32.0. The standard InChI is InChI=1S/C21H22ClN3O2.C18H14BrCl2N5O2.C18H24ClN3O.C10H16N4O3/c1-4-18-19(22)20(25(3)24-18)21(26)23-13-15-7-11-17(12-8-15)27-16-9-5-14(2)6-10-16;1-9-6-10(20)7-11(17(27)22-2)15(9)24-18(28)13-8-14(19)25-26(13)16-12(21)4-3-5-23-16;1-6-14-15(19)16(22(5)21-14)17(23)20-11-12-7-9-13(10-8-12)18(2,3)4;1-7-6-8(17-10(16)13(4)5)11-14(7)9(15)12(2)3/h5-12H,4,13H2,1-3H3,(H,23,26);3-8H,1-2H3,(H,22,27)(H,24,28);7-10H,6,11H2,1-5H3,(H,20,23);6H,1-5H3. The molecular formula is C67H76BrCl4N15O8. The maximum atomic E-state index is 13.0. The molecule has 28 heteroatoms. The van der Waals surface area contributed by atoms with E-state index in [-0.39, 0.29) is 46.3 Å². The highest BCUT2D eigenvalue weighted by Gasteiger charge is 2.25. The number of pyridine rings is 1. The molecule has 95 heavy (non-hydrogen) atoms. The molecule has 0 aliphatic carbocycles. The van der Waals surface area contributed by atoms with Crippen LogP contribution < -0.4 is 30.7 Å². The van der Waals surface area contributed by atoms with Gasteiger partial charge in [0, 0.05) is 85.8 Å². The van der Waals surface area contributed by atoms with E-state index in [2.05, 4.69) is 95.5 Å². The third kappa shape index (κ3) is 20.2. The monoisotopic (exact) mass is 1440 g/mol. The number of halogens is 5. The number of ether oxygens (including phenoxy) is 2. The van der Waals surface area contributed by atoms with Crippen LogP contribution in [-0.2, 0) is 45.4 Å². The van der Waals surface area contributed by atoms with Gasteiger partial charge >= 0.3 is 12.1 Å². The van der Waals surface area contributed by atoms with Crippen LogP contribution in [0.25, 0.3) is 5.82 Å². The van der Waals surface area contributed by atoms with Crippen LogP contribution in [-0.4, -0.2) is 125 Å². The molecule has 9 rings (SSSR count). The van der Waals surface area contributed by atoms with Gasteiger partial charge in [-0.2, -0.15) is 20.0 Å². The normalized spacial score (nSPS) is 10.7. The van der Waals surface area contributed by atoms with Gasteiger partial charge in [0.25, 0.3) is 23.6 Å². The Morgan fingerprint density at radius 2 is 1.17 bits per heavy atom. The van der Waals surface area contributed by atoms with Crippen molar-refractivity contribution in [2.75, 3.05) is 40.6 Å². The quantitative estimate of drug-likeness (QED) is 0.0745. The Bertz CT molecular complexity index is 4200. The van der Waals surface area contributed by atoms with E-state index in [1.165, 1.54) is 60.2 Å². The number of amides is 6. The fourth-order valence-electron chi connectivity index (χ4n) is 8.79. The molecule has 5 aromatic heterocycles. The second-order valence-corrected chi connectivity index (χ2v) is 25.2. The number of anilines is 1. The van der Waals surface area contributed by atoms with Gasteiger partial charge in [-0.15, -0.1) is 5.10 Å². The number of aromatic nitrogens is 9. The van der Waals surface area contributed by atoms with Gasteiger partial charge in [0.1, 0.15) is 33.2 Å². The molecule has 0 aliphatic heterocycles. The van der Waals surface area contributed by atoms with Crippen LogP contribution in [0.3, 0.4) is 0 Å². The molecule has 6 amide bonds. The van der Waals surface area contributed by atoms with E-state index in [0.717, 1.165) is 34.0 Å². The maximum absolute atomic E-state index is 13.0. The van der Waals surface area contributed by atoms with Gasteiger partial charge in [0.2, 0.25) is 5.88 Å². The van der Waals surface area contributed by atoms with Crippen LogP contribution in [0.4, 0.5) is 15.3 Å². The van der Waals surface area contributed by atoms with Crippen molar-refractivity contribution < 1.29 is 38.2 Å². The van der Waals surface area contributed by atoms with Gasteiger partial charge in [-0.3, -0.25) is 28.5 Å². The van der Waals surface area contributed by atoms with Crippen molar-refractivity contribution in [2.24, 2.45) is 14.1 Å². The van der Waals surface area contributed by atoms with Crippen LogP contribution in [0.2, 0.25) is 20.1 Å². The summed E-state index contributed by atoms with van der Waals surface area (Å²) in [5, 5.41) is 29.4. The molecule has 0 saturated heterocycles. The predicted octanol–water partition coefficient (Wildman–Crippen LogP) is 13.6. The molecule has 4 aromatic carbocycles. The molecule has 0 aliphatic rings. The van der Waals surface area contributed by atoms with Crippen molar-refractivity contribution in [3.8, 4) is 23.2 Å². The summed E-state index contributed by atoms with van der Waals surface area (Å²) in [6.45, 7) is 16.8. The molecular weight excluding hydrogens is 1360 g/mol. The third-order valence-electron chi connectivity index (χ3n) is 14.0. The minimum absolute atomic E-state index is 0.108. The summed E-state index contributed by atoms with van der Waals surface area (Å²) in [7, 11) is 11.3. The highest BCUT2D eigenvalue weighted by Crippen LogP contribution is 2.30. The molecule has 4 N–H and O–H groups in total. The van der Waals surface area contributed by atoms with Gasteiger partial charge in [0.15, 0.2) is 5.82 Å². The Morgan fingerprint density at radius 1 is 0.642 bits per heavy atom. The number of aryl methyl sites for hydroxylation is 7. The number of rotatable bonds is 15. The number of nitrogens with one attached hydrogen (secondary N) is 4. The first-order chi connectivity index (χ1) is 44.8. The average Bonchev–Trinajstić information content (AvgIpc) is 1.86. The predicted molar refractivity (Wildman–Crippen MR) is 373 cm³/mol. The average molecular weight is 1440 g/mol. The SMILES string of the molecule is CCc1nn(C)c(C(=O)NCc2ccc(C(C)(C)C)cc2)c1Cl.CCc1nn(C)c(C(=O)NCc2ccc(Oc3ccc(C)cc3)cc2)c1Cl.CNC(=O)c1cc(Cl)cc(C)c1NC(=O)c1cc(Br)nn1-c1ncccc1Cl.Cc1cc(OC(=O)N(C)C)nn1C(=O)N(C)C. The summed E-state index contributed by atoms with van der Waals surface area (Å²) >= 11 is 28.0. The highest BCUT2D eigenvalue weighted by atomic mass is 79.9. The van der Waals surface area contributed by atoms with Crippen molar-refractivity contribution in [1.82, 2.24) is 69.9 Å². The number of carbonyl (C=O) groups excluding carboxylic acids is 6. The smallest absolute Gasteiger partial charge is 0.416 e. The Labute approximate surface area is 580 Å². The van der Waals surface area contributed by atoms with Gasteiger partial charge in [-0.05, 0) is 126 Å². The lowest BCUT2D eigenvalue weighted by Gasteiger charge is -2.19. The van der Waals surface area contributed by atoms with Crippen molar-refractivity contribution >= 4 is 104 Å². The first-order valence-electron chi connectivity index (χ1n) is 29.6. The minimum Gasteiger partial charge on any atom is -0.457 e. The lowest BCUT2D eigenvalue weighted by molar-refractivity contribution is 0.0933. The lowest BCUT2D eigenvalue weighted by Crippen LogP contribution is -2.29. The number of nitrogens with zero attached hydrogens (tertiary/aromatic N) is 11. The molecule has 5 heterocycles. The van der Waals surface area contributed by atoms with Crippen LogP contribution in [0.5, 0.6) is 17.4 Å². The van der Waals surface area contributed by atoms with Crippen LogP contribution >= 0.6 is 62.3 Å². The number of hydrogen-bond acceptors (Lipinski definition) is 13. The van der Waals surface area contributed by atoms with Crippen LogP contribution in [0.15, 0.2) is 120 Å². The largest absolute Gasteiger partial charge is 0.457 e. The lowest BCUT2D eigenvalue weighted by atomic mass is 9.87. The zero-order chi connectivity index (χ0) is 70.2. The van der Waals surface area contributed by atoms with E-state index in [1.54, 1.807) is 85.2 Å². The van der Waals surface area contributed by atoms with E-state index in [4.69, 9.17) is 55.9 Å². The Hall–Kier alpha value is -9.07. The van der Waals surface area contributed by atoms with Crippen molar-refractivity contribution in [2.45, 2.75) is 86.7 Å².